The smallest absolute Gasteiger partial charge is 0.244 e. The Morgan fingerprint density at radius 2 is 1.97 bits per heavy atom. The second kappa shape index (κ2) is 9.39. The first-order valence-electron chi connectivity index (χ1n) is 10.5. The van der Waals surface area contributed by atoms with Crippen molar-refractivity contribution in [2.24, 2.45) is 0 Å². The first-order chi connectivity index (χ1) is 15.0. The van der Waals surface area contributed by atoms with Gasteiger partial charge in [0.25, 0.3) is 0 Å². The van der Waals surface area contributed by atoms with Crippen LogP contribution in [0.1, 0.15) is 31.4 Å². The summed E-state index contributed by atoms with van der Waals surface area (Å²) in [4.78, 5) is 14.8. The highest BCUT2D eigenvalue weighted by atomic mass is 19.1. The van der Waals surface area contributed by atoms with E-state index in [-0.39, 0.29) is 24.6 Å². The largest absolute Gasteiger partial charge is 0.373 e. The number of halogens is 2. The van der Waals surface area contributed by atoms with Crippen molar-refractivity contribution < 1.29 is 18.3 Å². The number of nitrogens with zero attached hydrogens (tertiary/aromatic N) is 3. The van der Waals surface area contributed by atoms with E-state index >= 15 is 0 Å². The number of rotatable bonds is 6. The van der Waals surface area contributed by atoms with Crippen LogP contribution < -0.4 is 0 Å². The third kappa shape index (κ3) is 4.82. The number of ether oxygens (including phenoxy) is 1. The molecular formula is C24H25F2N3O2. The average molecular weight is 425 g/mol. The van der Waals surface area contributed by atoms with E-state index in [1.165, 1.54) is 12.1 Å². The van der Waals surface area contributed by atoms with Crippen molar-refractivity contribution in [3.05, 3.63) is 78.1 Å². The molecule has 3 aromatic rings. The summed E-state index contributed by atoms with van der Waals surface area (Å²) in [5.74, 6) is -1.22. The summed E-state index contributed by atoms with van der Waals surface area (Å²) in [6.45, 7) is 3.26. The van der Waals surface area contributed by atoms with Crippen molar-refractivity contribution >= 4 is 5.91 Å². The molecule has 1 amide bonds. The number of benzene rings is 2. The average Bonchev–Trinajstić information content (AvgIpc) is 3.27. The van der Waals surface area contributed by atoms with E-state index in [1.54, 1.807) is 23.1 Å². The van der Waals surface area contributed by atoms with Gasteiger partial charge in [-0.2, -0.15) is 5.10 Å². The van der Waals surface area contributed by atoms with E-state index in [0.29, 0.717) is 25.1 Å². The molecule has 2 aromatic carbocycles. The van der Waals surface area contributed by atoms with Gasteiger partial charge in [-0.05, 0) is 54.7 Å². The van der Waals surface area contributed by atoms with E-state index in [9.17, 15) is 13.6 Å². The SMILES string of the molecule is CCN(C(=O)Cn1cccn1)[C@H]1CCO[C@@H](c2ccccc2-c2cc(F)cc(F)c2)C1. The van der Waals surface area contributed by atoms with Crippen molar-refractivity contribution in [1.82, 2.24) is 14.7 Å². The Bertz CT molecular complexity index is 1020. The molecule has 0 spiro atoms. The number of carbonyl (C=O) groups excluding carboxylic acids is 1. The number of hydrogen-bond donors (Lipinski definition) is 0. The van der Waals surface area contributed by atoms with E-state index in [4.69, 9.17) is 4.74 Å². The lowest BCUT2D eigenvalue weighted by molar-refractivity contribution is -0.137. The molecular weight excluding hydrogens is 400 g/mol. The summed E-state index contributed by atoms with van der Waals surface area (Å²) < 4.78 is 35.3. The normalized spacial score (nSPS) is 18.7. The van der Waals surface area contributed by atoms with E-state index in [2.05, 4.69) is 5.10 Å². The number of carbonyl (C=O) groups is 1. The lowest BCUT2D eigenvalue weighted by Gasteiger charge is -2.37. The molecule has 2 atom stereocenters. The van der Waals surface area contributed by atoms with Crippen molar-refractivity contribution in [2.45, 2.75) is 38.5 Å². The van der Waals surface area contributed by atoms with Gasteiger partial charge in [0.15, 0.2) is 0 Å². The van der Waals surface area contributed by atoms with Crippen LogP contribution in [0.3, 0.4) is 0 Å². The van der Waals surface area contributed by atoms with Crippen LogP contribution in [0, 0.1) is 11.6 Å². The summed E-state index contributed by atoms with van der Waals surface area (Å²) in [6, 6.07) is 12.8. The molecule has 5 nitrogen and oxygen atoms in total. The van der Waals surface area contributed by atoms with Crippen molar-refractivity contribution in [1.29, 1.82) is 0 Å². The van der Waals surface area contributed by atoms with Crippen LogP contribution in [0.5, 0.6) is 0 Å². The molecule has 31 heavy (non-hydrogen) atoms. The molecule has 1 aromatic heterocycles. The minimum Gasteiger partial charge on any atom is -0.373 e. The first-order valence-corrected chi connectivity index (χ1v) is 10.5. The van der Waals surface area contributed by atoms with Gasteiger partial charge in [0.2, 0.25) is 5.91 Å². The molecule has 0 saturated carbocycles. The third-order valence-corrected chi connectivity index (χ3v) is 5.70. The fourth-order valence-electron chi connectivity index (χ4n) is 4.29. The fourth-order valence-corrected chi connectivity index (χ4v) is 4.29. The maximum atomic E-state index is 13.8. The third-order valence-electron chi connectivity index (χ3n) is 5.70. The van der Waals surface area contributed by atoms with E-state index in [0.717, 1.165) is 23.6 Å². The maximum Gasteiger partial charge on any atom is 0.244 e. The first kappa shape index (κ1) is 21.2. The molecule has 0 N–H and O–H groups in total. The highest BCUT2D eigenvalue weighted by Crippen LogP contribution is 2.37. The molecule has 7 heteroatoms. The van der Waals surface area contributed by atoms with Gasteiger partial charge < -0.3 is 9.64 Å². The summed E-state index contributed by atoms with van der Waals surface area (Å²) in [5.41, 5.74) is 2.08. The molecule has 0 bridgehead atoms. The van der Waals surface area contributed by atoms with Gasteiger partial charge in [-0.1, -0.05) is 24.3 Å². The Balaban J connectivity index is 1.57. The minimum atomic E-state index is -0.617. The van der Waals surface area contributed by atoms with Crippen molar-refractivity contribution in [2.75, 3.05) is 13.2 Å². The molecule has 0 unspecified atom stereocenters. The topological polar surface area (TPSA) is 47.4 Å². The van der Waals surface area contributed by atoms with Crippen LogP contribution in [0.2, 0.25) is 0 Å². The van der Waals surface area contributed by atoms with Crippen LogP contribution in [0.4, 0.5) is 8.78 Å². The second-order valence-electron chi connectivity index (χ2n) is 7.67. The van der Waals surface area contributed by atoms with Gasteiger partial charge in [0.05, 0.1) is 6.10 Å². The van der Waals surface area contributed by atoms with Crippen molar-refractivity contribution in [3.8, 4) is 11.1 Å². The summed E-state index contributed by atoms with van der Waals surface area (Å²) in [6.07, 6.45) is 4.51. The summed E-state index contributed by atoms with van der Waals surface area (Å²) in [5, 5.41) is 4.12. The zero-order valence-electron chi connectivity index (χ0n) is 17.4. The Hall–Kier alpha value is -3.06. The summed E-state index contributed by atoms with van der Waals surface area (Å²) in [7, 11) is 0. The molecule has 1 fully saturated rings. The van der Waals surface area contributed by atoms with Crippen LogP contribution in [0.15, 0.2) is 60.9 Å². The van der Waals surface area contributed by atoms with Gasteiger partial charge in [-0.3, -0.25) is 9.48 Å². The van der Waals surface area contributed by atoms with Gasteiger partial charge in [0.1, 0.15) is 18.2 Å². The Kier molecular flexibility index (Phi) is 6.42. The van der Waals surface area contributed by atoms with E-state index in [1.807, 2.05) is 36.1 Å². The summed E-state index contributed by atoms with van der Waals surface area (Å²) >= 11 is 0. The molecule has 1 aliphatic rings. The zero-order chi connectivity index (χ0) is 21.8. The maximum absolute atomic E-state index is 13.8. The fraction of sp³-hybridized carbons (Fsp3) is 0.333. The number of amides is 1. The zero-order valence-corrected chi connectivity index (χ0v) is 17.4. The highest BCUT2D eigenvalue weighted by molar-refractivity contribution is 5.76. The molecule has 0 aliphatic carbocycles. The number of aromatic nitrogens is 2. The van der Waals surface area contributed by atoms with E-state index < -0.39 is 11.6 Å². The molecule has 2 heterocycles. The minimum absolute atomic E-state index is 0.0114. The molecule has 162 valence electrons. The molecule has 1 aliphatic heterocycles. The molecule has 0 radical (unpaired) electrons. The Morgan fingerprint density at radius 1 is 1.19 bits per heavy atom. The van der Waals surface area contributed by atoms with Crippen LogP contribution in [-0.4, -0.2) is 39.8 Å². The Morgan fingerprint density at radius 3 is 2.68 bits per heavy atom. The lowest BCUT2D eigenvalue weighted by Crippen LogP contribution is -2.45. The lowest BCUT2D eigenvalue weighted by atomic mass is 9.90. The van der Waals surface area contributed by atoms with Crippen LogP contribution in [-0.2, 0) is 16.1 Å². The monoisotopic (exact) mass is 425 g/mol. The predicted octanol–water partition coefficient (Wildman–Crippen LogP) is 4.60. The number of hydrogen-bond acceptors (Lipinski definition) is 3. The second-order valence-corrected chi connectivity index (χ2v) is 7.67. The van der Waals surface area contributed by atoms with Crippen LogP contribution in [0.25, 0.3) is 11.1 Å². The van der Waals surface area contributed by atoms with Crippen molar-refractivity contribution in [3.63, 3.8) is 0 Å². The Labute approximate surface area is 180 Å². The molecule has 1 saturated heterocycles. The van der Waals surface area contributed by atoms with Gasteiger partial charge in [-0.15, -0.1) is 0 Å². The standard InChI is InChI=1S/C24H25F2N3O2/c1-2-29(24(30)16-28-10-5-9-27-28)20-8-11-31-23(15-20)22-7-4-3-6-21(22)17-12-18(25)14-19(26)13-17/h3-7,9-10,12-14,20,23H,2,8,11,15-16H2,1H3/t20-,23+/m0/s1. The van der Waals surface area contributed by atoms with Crippen LogP contribution >= 0.6 is 0 Å². The van der Waals surface area contributed by atoms with Gasteiger partial charge in [-0.25, -0.2) is 8.78 Å². The quantitative estimate of drug-likeness (QED) is 0.580. The highest BCUT2D eigenvalue weighted by Gasteiger charge is 2.31. The van der Waals surface area contributed by atoms with Gasteiger partial charge in [0, 0.05) is 37.7 Å². The molecule has 4 rings (SSSR count). The predicted molar refractivity (Wildman–Crippen MR) is 113 cm³/mol. The number of likely N-dealkylation sites (N-methyl/N-ethyl adjacent to an activating group) is 1. The van der Waals surface area contributed by atoms with Gasteiger partial charge >= 0.3 is 0 Å².